The van der Waals surface area contributed by atoms with E-state index in [1.54, 1.807) is 35.3 Å². The number of amides is 1. The fourth-order valence-electron chi connectivity index (χ4n) is 3.21. The molecule has 0 spiro atoms. The van der Waals surface area contributed by atoms with Crippen LogP contribution in [-0.2, 0) is 21.3 Å². The fraction of sp³-hybridized carbons (Fsp3) is 0.182. The highest BCUT2D eigenvalue weighted by Crippen LogP contribution is 2.21. The van der Waals surface area contributed by atoms with E-state index in [1.165, 1.54) is 37.7 Å². The zero-order valence-corrected chi connectivity index (χ0v) is 18.9. The van der Waals surface area contributed by atoms with E-state index < -0.39 is 10.0 Å². The molecule has 12 heteroatoms. The monoisotopic (exact) mass is 484 g/mol. The van der Waals surface area contributed by atoms with Crippen molar-refractivity contribution in [3.63, 3.8) is 0 Å². The van der Waals surface area contributed by atoms with Gasteiger partial charge in [0.15, 0.2) is 5.03 Å². The molecule has 0 radical (unpaired) electrons. The summed E-state index contributed by atoms with van der Waals surface area (Å²) in [6.07, 6.45) is 5.95. The number of nitrogens with zero attached hydrogens (tertiary/aromatic N) is 4. The first-order valence-electron chi connectivity index (χ1n) is 10.2. The number of pyridine rings is 2. The Bertz CT molecular complexity index is 1410. The van der Waals surface area contributed by atoms with Crippen molar-refractivity contribution in [3.05, 3.63) is 78.1 Å². The van der Waals surface area contributed by atoms with Crippen molar-refractivity contribution in [2.24, 2.45) is 0 Å². The van der Waals surface area contributed by atoms with E-state index in [0.29, 0.717) is 27.7 Å². The van der Waals surface area contributed by atoms with Gasteiger partial charge in [-0.1, -0.05) is 6.07 Å². The van der Waals surface area contributed by atoms with Crippen LogP contribution in [0.4, 0.5) is 4.39 Å². The summed E-state index contributed by atoms with van der Waals surface area (Å²) >= 11 is 0. The molecule has 1 amide bonds. The lowest BCUT2D eigenvalue weighted by molar-refractivity contribution is 0.0952. The Balaban J connectivity index is 1.46. The molecule has 0 unspecified atom stereocenters. The number of hydrogen-bond donors (Lipinski definition) is 2. The van der Waals surface area contributed by atoms with Crippen LogP contribution in [0.25, 0.3) is 16.6 Å². The van der Waals surface area contributed by atoms with Crippen molar-refractivity contribution in [1.82, 2.24) is 29.8 Å². The Morgan fingerprint density at radius 2 is 1.88 bits per heavy atom. The van der Waals surface area contributed by atoms with E-state index in [4.69, 9.17) is 4.74 Å². The van der Waals surface area contributed by atoms with Crippen LogP contribution in [0.2, 0.25) is 0 Å². The molecule has 3 aromatic heterocycles. The van der Waals surface area contributed by atoms with Crippen molar-refractivity contribution in [2.45, 2.75) is 11.6 Å². The van der Waals surface area contributed by atoms with Gasteiger partial charge >= 0.3 is 0 Å². The molecule has 3 heterocycles. The van der Waals surface area contributed by atoms with E-state index in [9.17, 15) is 17.6 Å². The zero-order valence-electron chi connectivity index (χ0n) is 18.1. The number of rotatable bonds is 9. The first-order valence-corrected chi connectivity index (χ1v) is 11.7. The highest BCUT2D eigenvalue weighted by molar-refractivity contribution is 7.89. The Hall–Kier alpha value is -3.74. The molecule has 0 atom stereocenters. The van der Waals surface area contributed by atoms with Gasteiger partial charge in [0.05, 0.1) is 35.8 Å². The Morgan fingerprint density at radius 1 is 1.09 bits per heavy atom. The van der Waals surface area contributed by atoms with Crippen LogP contribution in [0.5, 0.6) is 0 Å². The van der Waals surface area contributed by atoms with Crippen LogP contribution in [-0.4, -0.2) is 54.3 Å². The minimum atomic E-state index is -3.74. The average molecular weight is 485 g/mol. The Kier molecular flexibility index (Phi) is 6.91. The molecule has 0 fully saturated rings. The van der Waals surface area contributed by atoms with Crippen LogP contribution in [0.15, 0.2) is 66.2 Å². The number of benzene rings is 1. The van der Waals surface area contributed by atoms with Gasteiger partial charge in [-0.15, -0.1) is 0 Å². The van der Waals surface area contributed by atoms with Crippen molar-refractivity contribution in [3.8, 4) is 5.69 Å². The second-order valence-corrected chi connectivity index (χ2v) is 8.94. The third-order valence-electron chi connectivity index (χ3n) is 4.94. The summed E-state index contributed by atoms with van der Waals surface area (Å²) in [6, 6.07) is 8.76. The first kappa shape index (κ1) is 23.4. The van der Waals surface area contributed by atoms with Crippen molar-refractivity contribution in [2.75, 3.05) is 20.3 Å². The molecule has 1 aromatic carbocycles. The molecule has 0 aliphatic heterocycles. The standard InChI is InChI=1S/C22H21FN6O4S/c1-33-9-8-28-34(31,32)21-7-2-15(10-25-21)11-26-22(30)19-12-24-14-20-18(19)13-27-29(20)17-5-3-16(23)4-6-17/h2-7,10,12-14,28H,8-9,11H2,1H3,(H,26,30). The second-order valence-electron chi connectivity index (χ2n) is 7.23. The van der Waals surface area contributed by atoms with Gasteiger partial charge in [-0.2, -0.15) is 5.10 Å². The van der Waals surface area contributed by atoms with Gasteiger partial charge in [0, 0.05) is 38.0 Å². The molecule has 0 bridgehead atoms. The first-order chi connectivity index (χ1) is 16.4. The van der Waals surface area contributed by atoms with E-state index in [-0.39, 0.29) is 36.4 Å². The molecule has 176 valence electrons. The molecule has 0 aliphatic rings. The summed E-state index contributed by atoms with van der Waals surface area (Å²) in [5.41, 5.74) is 2.16. The molecule has 4 rings (SSSR count). The number of aromatic nitrogens is 4. The van der Waals surface area contributed by atoms with Gasteiger partial charge in [-0.25, -0.2) is 27.2 Å². The van der Waals surface area contributed by atoms with Crippen LogP contribution < -0.4 is 10.0 Å². The predicted molar refractivity (Wildman–Crippen MR) is 121 cm³/mol. The van der Waals surface area contributed by atoms with Crippen LogP contribution in [0.1, 0.15) is 15.9 Å². The molecular weight excluding hydrogens is 463 g/mol. The third-order valence-corrected chi connectivity index (χ3v) is 6.31. The number of ether oxygens (including phenoxy) is 1. The number of hydrogen-bond acceptors (Lipinski definition) is 7. The summed E-state index contributed by atoms with van der Waals surface area (Å²) in [5.74, 6) is -0.740. The van der Waals surface area contributed by atoms with Crippen molar-refractivity contribution in [1.29, 1.82) is 0 Å². The molecule has 0 saturated heterocycles. The number of carbonyl (C=O) groups excluding carboxylic acids is 1. The quantitative estimate of drug-likeness (QED) is 0.347. The number of nitrogens with one attached hydrogen (secondary N) is 2. The van der Waals surface area contributed by atoms with Crippen LogP contribution >= 0.6 is 0 Å². The number of sulfonamides is 1. The normalized spacial score (nSPS) is 11.6. The summed E-state index contributed by atoms with van der Waals surface area (Å²) in [5, 5.41) is 7.54. The number of fused-ring (bicyclic) bond motifs is 1. The fourth-order valence-corrected chi connectivity index (χ4v) is 4.15. The molecular formula is C22H21FN6O4S. The molecule has 4 aromatic rings. The second kappa shape index (κ2) is 10.0. The Labute approximate surface area is 194 Å². The summed E-state index contributed by atoms with van der Waals surface area (Å²) in [7, 11) is -2.26. The summed E-state index contributed by atoms with van der Waals surface area (Å²) in [4.78, 5) is 20.9. The summed E-state index contributed by atoms with van der Waals surface area (Å²) < 4.78 is 46.4. The van der Waals surface area contributed by atoms with Crippen LogP contribution in [0.3, 0.4) is 0 Å². The third kappa shape index (κ3) is 5.09. The van der Waals surface area contributed by atoms with Gasteiger partial charge in [0.1, 0.15) is 5.82 Å². The van der Waals surface area contributed by atoms with E-state index in [1.807, 2.05) is 0 Å². The number of carbonyl (C=O) groups is 1. The predicted octanol–water partition coefficient (Wildman–Crippen LogP) is 1.81. The highest BCUT2D eigenvalue weighted by Gasteiger charge is 2.17. The van der Waals surface area contributed by atoms with Gasteiger partial charge in [-0.05, 0) is 35.9 Å². The molecule has 2 N–H and O–H groups in total. The lowest BCUT2D eigenvalue weighted by atomic mass is 10.1. The van der Waals surface area contributed by atoms with E-state index >= 15 is 0 Å². The maximum absolute atomic E-state index is 13.2. The average Bonchev–Trinajstić information content (AvgIpc) is 3.28. The summed E-state index contributed by atoms with van der Waals surface area (Å²) in [6.45, 7) is 0.509. The smallest absolute Gasteiger partial charge is 0.258 e. The lowest BCUT2D eigenvalue weighted by Crippen LogP contribution is -2.28. The van der Waals surface area contributed by atoms with E-state index in [2.05, 4.69) is 25.1 Å². The number of methoxy groups -OCH3 is 1. The van der Waals surface area contributed by atoms with Crippen LogP contribution in [0, 0.1) is 5.82 Å². The highest BCUT2D eigenvalue weighted by atomic mass is 32.2. The van der Waals surface area contributed by atoms with Crippen molar-refractivity contribution >= 4 is 26.8 Å². The van der Waals surface area contributed by atoms with Gasteiger partial charge in [0.25, 0.3) is 15.9 Å². The Morgan fingerprint density at radius 3 is 2.59 bits per heavy atom. The lowest BCUT2D eigenvalue weighted by Gasteiger charge is -2.08. The molecule has 10 nitrogen and oxygen atoms in total. The zero-order chi connectivity index (χ0) is 24.1. The molecule has 0 aliphatic carbocycles. The molecule has 34 heavy (non-hydrogen) atoms. The topological polar surface area (TPSA) is 128 Å². The number of halogens is 1. The molecule has 0 saturated carbocycles. The maximum atomic E-state index is 13.2. The van der Waals surface area contributed by atoms with Crippen molar-refractivity contribution < 1.29 is 22.3 Å². The minimum absolute atomic E-state index is 0.124. The van der Waals surface area contributed by atoms with Gasteiger partial charge < -0.3 is 10.1 Å². The van der Waals surface area contributed by atoms with Gasteiger partial charge in [0.2, 0.25) is 0 Å². The SMILES string of the molecule is COCCNS(=O)(=O)c1ccc(CNC(=O)c2cncc3c2cnn3-c2ccc(F)cc2)cn1. The maximum Gasteiger partial charge on any atom is 0.258 e. The largest absolute Gasteiger partial charge is 0.383 e. The minimum Gasteiger partial charge on any atom is -0.383 e. The van der Waals surface area contributed by atoms with Gasteiger partial charge in [-0.3, -0.25) is 9.78 Å². The van der Waals surface area contributed by atoms with E-state index in [0.717, 1.165) is 0 Å².